The summed E-state index contributed by atoms with van der Waals surface area (Å²) in [7, 11) is 0. The Balaban J connectivity index is 1.62. The fourth-order valence-electron chi connectivity index (χ4n) is 3.01. The topological polar surface area (TPSA) is 89.0 Å². The molecule has 3 rings (SSSR count). The van der Waals surface area contributed by atoms with Gasteiger partial charge in [0, 0.05) is 15.6 Å². The number of halogens is 5. The van der Waals surface area contributed by atoms with Gasteiger partial charge in [0.2, 0.25) is 11.8 Å². The molecule has 0 fully saturated rings. The van der Waals surface area contributed by atoms with Gasteiger partial charge in [0.05, 0.1) is 32.1 Å². The Kier molecular flexibility index (Phi) is 11.1. The van der Waals surface area contributed by atoms with Crippen molar-refractivity contribution in [2.75, 3.05) is 11.9 Å². The number of nitrogens with one attached hydrogen (secondary N) is 2. The summed E-state index contributed by atoms with van der Waals surface area (Å²) in [6.07, 6.45) is 0.982. The average molecular weight is 695 g/mol. The second kappa shape index (κ2) is 14.1. The van der Waals surface area contributed by atoms with E-state index in [4.69, 9.17) is 55.9 Å². The summed E-state index contributed by atoms with van der Waals surface area (Å²) < 4.78 is 12.5. The van der Waals surface area contributed by atoms with E-state index in [9.17, 15) is 9.59 Å². The Morgan fingerprint density at radius 2 is 1.78 bits per heavy atom. The summed E-state index contributed by atoms with van der Waals surface area (Å²) in [6, 6.07) is 13.5. The molecule has 7 nitrogen and oxygen atoms in total. The lowest BCUT2D eigenvalue weighted by Gasteiger charge is -2.15. The fraction of sp³-hybridized carbons (Fsp3) is 0.160. The van der Waals surface area contributed by atoms with E-state index in [1.807, 2.05) is 13.0 Å². The number of nitrogens with zero attached hydrogens (tertiary/aromatic N) is 1. The monoisotopic (exact) mass is 693 g/mol. The van der Waals surface area contributed by atoms with Crippen molar-refractivity contribution in [1.29, 1.82) is 0 Å². The third kappa shape index (κ3) is 8.65. The maximum atomic E-state index is 12.1. The number of rotatable bonds is 10. The van der Waals surface area contributed by atoms with Crippen molar-refractivity contribution < 1.29 is 19.1 Å². The molecule has 0 aliphatic rings. The van der Waals surface area contributed by atoms with Gasteiger partial charge in [-0.15, -0.1) is 0 Å². The van der Waals surface area contributed by atoms with Crippen LogP contribution in [0.5, 0.6) is 11.5 Å². The summed E-state index contributed by atoms with van der Waals surface area (Å²) in [4.78, 5) is 24.3. The molecular formula is C25H20Cl4IN3O4. The highest BCUT2D eigenvalue weighted by atomic mass is 127. The first-order valence-corrected chi connectivity index (χ1v) is 13.4. The molecule has 0 heterocycles. The van der Waals surface area contributed by atoms with Gasteiger partial charge in [-0.3, -0.25) is 9.59 Å². The number of hydrogen-bond donors (Lipinski definition) is 2. The molecule has 0 radical (unpaired) electrons. The van der Waals surface area contributed by atoms with Crippen molar-refractivity contribution in [2.24, 2.45) is 5.10 Å². The van der Waals surface area contributed by atoms with E-state index in [-0.39, 0.29) is 11.6 Å². The zero-order valence-corrected chi connectivity index (χ0v) is 24.5. The Labute approximate surface area is 247 Å². The van der Waals surface area contributed by atoms with Gasteiger partial charge in [-0.25, -0.2) is 5.43 Å². The Morgan fingerprint density at radius 3 is 2.51 bits per heavy atom. The van der Waals surface area contributed by atoms with Crippen LogP contribution in [-0.4, -0.2) is 24.6 Å². The Bertz CT molecular complexity index is 1340. The van der Waals surface area contributed by atoms with Crippen molar-refractivity contribution in [3.8, 4) is 11.5 Å². The molecule has 0 aliphatic carbocycles. The number of carbonyl (C=O) groups excluding carboxylic acids is 2. The molecule has 0 saturated heterocycles. The van der Waals surface area contributed by atoms with Gasteiger partial charge in [0.25, 0.3) is 0 Å². The van der Waals surface area contributed by atoms with E-state index >= 15 is 0 Å². The summed E-state index contributed by atoms with van der Waals surface area (Å²) in [6.45, 7) is 2.49. The van der Waals surface area contributed by atoms with Gasteiger partial charge in [-0.2, -0.15) is 5.10 Å². The number of ether oxygens (including phenoxy) is 2. The van der Waals surface area contributed by atoms with E-state index in [1.54, 1.807) is 42.5 Å². The van der Waals surface area contributed by atoms with Crippen LogP contribution in [0.4, 0.5) is 5.69 Å². The third-order valence-corrected chi connectivity index (χ3v) is 6.88. The molecule has 2 N–H and O–H groups in total. The van der Waals surface area contributed by atoms with Crippen molar-refractivity contribution >= 4 is 92.7 Å². The molecule has 0 atom stereocenters. The highest BCUT2D eigenvalue weighted by Gasteiger charge is 2.14. The number of carbonyl (C=O) groups is 2. The summed E-state index contributed by atoms with van der Waals surface area (Å²) >= 11 is 26.3. The van der Waals surface area contributed by atoms with Gasteiger partial charge < -0.3 is 14.8 Å². The first-order chi connectivity index (χ1) is 17.7. The van der Waals surface area contributed by atoms with Crippen molar-refractivity contribution in [3.05, 3.63) is 83.3 Å². The molecule has 3 aromatic carbocycles. The minimum atomic E-state index is -0.605. The van der Waals surface area contributed by atoms with Crippen LogP contribution in [0.25, 0.3) is 0 Å². The van der Waals surface area contributed by atoms with E-state index in [2.05, 4.69) is 38.4 Å². The lowest BCUT2D eigenvalue weighted by Crippen LogP contribution is -2.24. The number of hydrazone groups is 1. The average Bonchev–Trinajstić information content (AvgIpc) is 2.83. The number of hydrogen-bond acceptors (Lipinski definition) is 5. The lowest BCUT2D eigenvalue weighted by molar-refractivity contribution is -0.126. The molecule has 194 valence electrons. The predicted octanol–water partition coefficient (Wildman–Crippen LogP) is 7.36. The zero-order chi connectivity index (χ0) is 26.9. The minimum Gasteiger partial charge on any atom is -0.490 e. The molecule has 12 heteroatoms. The van der Waals surface area contributed by atoms with Gasteiger partial charge in [-0.05, 0) is 71.5 Å². The van der Waals surface area contributed by atoms with Crippen LogP contribution in [0.2, 0.25) is 20.1 Å². The molecule has 0 aromatic heterocycles. The lowest BCUT2D eigenvalue weighted by atomic mass is 10.2. The molecule has 37 heavy (non-hydrogen) atoms. The number of anilines is 1. The first-order valence-electron chi connectivity index (χ1n) is 10.8. The molecule has 3 aromatic rings. The second-order valence-corrected chi connectivity index (χ2v) is 10.2. The van der Waals surface area contributed by atoms with Gasteiger partial charge >= 0.3 is 0 Å². The second-order valence-electron chi connectivity index (χ2n) is 7.41. The van der Waals surface area contributed by atoms with Crippen LogP contribution in [0.1, 0.15) is 24.5 Å². The van der Waals surface area contributed by atoms with Crippen LogP contribution in [0.15, 0.2) is 53.6 Å². The van der Waals surface area contributed by atoms with Crippen LogP contribution in [0.3, 0.4) is 0 Å². The highest BCUT2D eigenvalue weighted by Crippen LogP contribution is 2.35. The number of amides is 2. The van der Waals surface area contributed by atoms with E-state index in [1.165, 1.54) is 6.21 Å². The van der Waals surface area contributed by atoms with E-state index in [0.717, 1.165) is 9.13 Å². The van der Waals surface area contributed by atoms with Crippen molar-refractivity contribution in [3.63, 3.8) is 0 Å². The molecule has 2 amide bonds. The standard InChI is InChI=1S/C25H20Cl4IN3O4/c1-2-36-21-9-14(8-19(30)25(21)37-13-15-6-7-16(26)10-18(15)28)12-31-33-23(35)11-22(34)32-20-5-3-4-17(27)24(20)29/h3-10,12H,2,11,13H2,1H3,(H,32,34)(H,33,35). The van der Waals surface area contributed by atoms with Gasteiger partial charge in [-0.1, -0.05) is 58.5 Å². The molecule has 0 aliphatic heterocycles. The molecule has 0 unspecified atom stereocenters. The van der Waals surface area contributed by atoms with Crippen LogP contribution < -0.4 is 20.2 Å². The minimum absolute atomic E-state index is 0.194. The van der Waals surface area contributed by atoms with E-state index < -0.39 is 18.2 Å². The highest BCUT2D eigenvalue weighted by molar-refractivity contribution is 14.1. The quantitative estimate of drug-likeness (QED) is 0.101. The summed E-state index contributed by atoms with van der Waals surface area (Å²) in [5.41, 5.74) is 4.07. The Hall–Kier alpha value is -2.24. The normalized spacial score (nSPS) is 10.9. The van der Waals surface area contributed by atoms with Crippen molar-refractivity contribution in [2.45, 2.75) is 20.0 Å². The maximum absolute atomic E-state index is 12.1. The largest absolute Gasteiger partial charge is 0.490 e. The van der Waals surface area contributed by atoms with Gasteiger partial charge in [0.15, 0.2) is 11.5 Å². The molecule has 0 saturated carbocycles. The Morgan fingerprint density at radius 1 is 1.00 bits per heavy atom. The molecule has 0 bridgehead atoms. The van der Waals surface area contributed by atoms with Crippen LogP contribution >= 0.6 is 69.0 Å². The fourth-order valence-corrected chi connectivity index (χ4v) is 4.60. The van der Waals surface area contributed by atoms with E-state index in [0.29, 0.717) is 44.4 Å². The summed E-state index contributed by atoms with van der Waals surface area (Å²) in [5.74, 6) is -0.116. The maximum Gasteiger partial charge on any atom is 0.249 e. The SMILES string of the molecule is CCOc1cc(C=NNC(=O)CC(=O)Nc2cccc(Cl)c2Cl)cc(I)c1OCc1ccc(Cl)cc1Cl. The zero-order valence-electron chi connectivity index (χ0n) is 19.3. The van der Waals surface area contributed by atoms with Gasteiger partial charge in [0.1, 0.15) is 13.0 Å². The summed E-state index contributed by atoms with van der Waals surface area (Å²) in [5, 5.41) is 8.01. The first kappa shape index (κ1) is 29.3. The molecular weight excluding hydrogens is 675 g/mol. The third-order valence-electron chi connectivity index (χ3n) is 4.67. The predicted molar refractivity (Wildman–Crippen MR) is 157 cm³/mol. The van der Waals surface area contributed by atoms with Crippen molar-refractivity contribution in [1.82, 2.24) is 5.43 Å². The van der Waals surface area contributed by atoms with Crippen LogP contribution in [-0.2, 0) is 16.2 Å². The smallest absolute Gasteiger partial charge is 0.249 e. The number of benzene rings is 3. The molecule has 0 spiro atoms. The van der Waals surface area contributed by atoms with Crippen LogP contribution in [0, 0.1) is 3.57 Å².